The van der Waals surface area contributed by atoms with Crippen molar-refractivity contribution in [3.05, 3.63) is 86.8 Å². The standard InChI is InChI=1S/C22H16Br2N2O5/c23-18-9-14(10-19(24)21(18)30-13-20(27)28)12-25-26-22(29)15-5-4-8-17(11-15)31-16-6-2-1-3-7-16/h1-12H,13H2,(H,26,29)(H,27,28). The van der Waals surface area contributed by atoms with E-state index in [9.17, 15) is 9.59 Å². The molecular formula is C22H16Br2N2O5. The van der Waals surface area contributed by atoms with Crippen molar-refractivity contribution < 1.29 is 24.2 Å². The highest BCUT2D eigenvalue weighted by Crippen LogP contribution is 2.34. The van der Waals surface area contributed by atoms with Crippen LogP contribution in [0.15, 0.2) is 80.8 Å². The van der Waals surface area contributed by atoms with E-state index in [2.05, 4.69) is 42.4 Å². The van der Waals surface area contributed by atoms with Crippen LogP contribution >= 0.6 is 31.9 Å². The molecule has 158 valence electrons. The third-order valence-corrected chi connectivity index (χ3v) is 4.99. The van der Waals surface area contributed by atoms with Crippen LogP contribution in [0.2, 0.25) is 0 Å². The maximum absolute atomic E-state index is 12.4. The second-order valence-electron chi connectivity index (χ2n) is 6.14. The van der Waals surface area contributed by atoms with E-state index >= 15 is 0 Å². The molecule has 0 fully saturated rings. The molecule has 2 N–H and O–H groups in total. The van der Waals surface area contributed by atoms with Crippen molar-refractivity contribution in [1.82, 2.24) is 5.43 Å². The van der Waals surface area contributed by atoms with Gasteiger partial charge in [-0.05, 0) is 79.9 Å². The molecule has 0 saturated heterocycles. The fraction of sp³-hybridized carbons (Fsp3) is 0.0455. The van der Waals surface area contributed by atoms with Crippen molar-refractivity contribution in [2.45, 2.75) is 0 Å². The summed E-state index contributed by atoms with van der Waals surface area (Å²) >= 11 is 6.66. The van der Waals surface area contributed by atoms with Gasteiger partial charge in [0.05, 0.1) is 15.2 Å². The number of hydrogen-bond donors (Lipinski definition) is 2. The Morgan fingerprint density at radius 2 is 1.65 bits per heavy atom. The molecule has 0 unspecified atom stereocenters. The summed E-state index contributed by atoms with van der Waals surface area (Å²) in [5.74, 6) is 0.0937. The molecule has 0 aliphatic rings. The van der Waals surface area contributed by atoms with Crippen molar-refractivity contribution in [1.29, 1.82) is 0 Å². The molecule has 0 radical (unpaired) electrons. The number of nitrogens with zero attached hydrogens (tertiary/aromatic N) is 1. The summed E-state index contributed by atoms with van der Waals surface area (Å²) in [5, 5.41) is 12.7. The van der Waals surface area contributed by atoms with Crippen LogP contribution in [-0.4, -0.2) is 29.8 Å². The highest BCUT2D eigenvalue weighted by atomic mass is 79.9. The molecule has 9 heteroatoms. The van der Waals surface area contributed by atoms with Gasteiger partial charge < -0.3 is 14.6 Å². The van der Waals surface area contributed by atoms with Crippen molar-refractivity contribution in [3.8, 4) is 17.2 Å². The number of para-hydroxylation sites is 1. The highest BCUT2D eigenvalue weighted by molar-refractivity contribution is 9.11. The van der Waals surface area contributed by atoms with Crippen molar-refractivity contribution in [2.75, 3.05) is 6.61 Å². The van der Waals surface area contributed by atoms with Gasteiger partial charge in [-0.15, -0.1) is 0 Å². The zero-order valence-electron chi connectivity index (χ0n) is 15.9. The Balaban J connectivity index is 1.64. The van der Waals surface area contributed by atoms with E-state index in [1.807, 2.05) is 30.3 Å². The van der Waals surface area contributed by atoms with Crippen molar-refractivity contribution in [2.24, 2.45) is 5.10 Å². The largest absolute Gasteiger partial charge is 0.480 e. The number of carboxylic acids is 1. The lowest BCUT2D eigenvalue weighted by Crippen LogP contribution is -2.17. The highest BCUT2D eigenvalue weighted by Gasteiger charge is 2.11. The first kappa shape index (κ1) is 22.5. The Labute approximate surface area is 195 Å². The summed E-state index contributed by atoms with van der Waals surface area (Å²) in [6.45, 7) is -0.465. The molecule has 0 aliphatic carbocycles. The van der Waals surface area contributed by atoms with Crippen LogP contribution in [0.4, 0.5) is 0 Å². The van der Waals surface area contributed by atoms with Crippen LogP contribution < -0.4 is 14.9 Å². The molecule has 0 bridgehead atoms. The number of hydrazone groups is 1. The van der Waals surface area contributed by atoms with Gasteiger partial charge in [0.1, 0.15) is 17.2 Å². The fourth-order valence-corrected chi connectivity index (χ4v) is 3.93. The van der Waals surface area contributed by atoms with Gasteiger partial charge in [-0.1, -0.05) is 24.3 Å². The molecule has 3 rings (SSSR count). The van der Waals surface area contributed by atoms with Gasteiger partial charge in [-0.2, -0.15) is 5.10 Å². The van der Waals surface area contributed by atoms with Gasteiger partial charge in [-0.25, -0.2) is 10.2 Å². The lowest BCUT2D eigenvalue weighted by Gasteiger charge is -2.09. The summed E-state index contributed by atoms with van der Waals surface area (Å²) in [6.07, 6.45) is 1.46. The summed E-state index contributed by atoms with van der Waals surface area (Å²) in [6, 6.07) is 19.4. The number of carbonyl (C=O) groups is 2. The molecule has 0 spiro atoms. The fourth-order valence-electron chi connectivity index (χ4n) is 2.48. The molecule has 3 aromatic rings. The number of hydrogen-bond acceptors (Lipinski definition) is 5. The summed E-state index contributed by atoms with van der Waals surface area (Å²) in [5.41, 5.74) is 3.52. The van der Waals surface area contributed by atoms with Crippen LogP contribution in [-0.2, 0) is 4.79 Å². The average Bonchev–Trinajstić information content (AvgIpc) is 2.74. The Morgan fingerprint density at radius 1 is 0.968 bits per heavy atom. The lowest BCUT2D eigenvalue weighted by atomic mass is 10.2. The minimum atomic E-state index is -1.08. The van der Waals surface area contributed by atoms with Crippen LogP contribution in [0.25, 0.3) is 0 Å². The van der Waals surface area contributed by atoms with E-state index in [-0.39, 0.29) is 0 Å². The van der Waals surface area contributed by atoms with Gasteiger partial charge in [0.15, 0.2) is 6.61 Å². The third-order valence-electron chi connectivity index (χ3n) is 3.82. The maximum atomic E-state index is 12.4. The van der Waals surface area contributed by atoms with Gasteiger partial charge in [-0.3, -0.25) is 4.79 Å². The monoisotopic (exact) mass is 546 g/mol. The van der Waals surface area contributed by atoms with Crippen LogP contribution in [0.5, 0.6) is 17.2 Å². The summed E-state index contributed by atoms with van der Waals surface area (Å²) < 4.78 is 12.0. The second-order valence-corrected chi connectivity index (χ2v) is 7.85. The molecule has 0 aromatic heterocycles. The van der Waals surface area contributed by atoms with Gasteiger partial charge >= 0.3 is 5.97 Å². The average molecular weight is 548 g/mol. The molecule has 31 heavy (non-hydrogen) atoms. The number of nitrogens with one attached hydrogen (secondary N) is 1. The first-order valence-corrected chi connectivity index (χ1v) is 10.5. The Morgan fingerprint density at radius 3 is 2.32 bits per heavy atom. The quantitative estimate of drug-likeness (QED) is 0.297. The summed E-state index contributed by atoms with van der Waals surface area (Å²) in [7, 11) is 0. The smallest absolute Gasteiger partial charge is 0.341 e. The van der Waals surface area contributed by atoms with E-state index in [1.165, 1.54) is 6.21 Å². The Bertz CT molecular complexity index is 1100. The predicted octanol–water partition coefficient (Wildman–Crippen LogP) is 5.23. The third kappa shape index (κ3) is 6.66. The number of rotatable bonds is 8. The van der Waals surface area contributed by atoms with Crippen LogP contribution in [0.1, 0.15) is 15.9 Å². The number of carbonyl (C=O) groups excluding carboxylic acids is 1. The molecule has 0 heterocycles. The van der Waals surface area contributed by atoms with E-state index in [1.54, 1.807) is 36.4 Å². The zero-order valence-corrected chi connectivity index (χ0v) is 19.1. The minimum Gasteiger partial charge on any atom is -0.480 e. The topological polar surface area (TPSA) is 97.2 Å². The van der Waals surface area contributed by atoms with Gasteiger partial charge in [0, 0.05) is 5.56 Å². The van der Waals surface area contributed by atoms with Crippen molar-refractivity contribution >= 4 is 50.0 Å². The molecule has 0 atom stereocenters. The van der Waals surface area contributed by atoms with Crippen LogP contribution in [0, 0.1) is 0 Å². The van der Waals surface area contributed by atoms with Gasteiger partial charge in [0.2, 0.25) is 0 Å². The number of halogens is 2. The first-order chi connectivity index (χ1) is 14.9. The zero-order chi connectivity index (χ0) is 22.2. The number of amides is 1. The lowest BCUT2D eigenvalue weighted by molar-refractivity contribution is -0.139. The molecule has 3 aromatic carbocycles. The molecule has 0 saturated carbocycles. The van der Waals surface area contributed by atoms with E-state index in [4.69, 9.17) is 14.6 Å². The Hall–Kier alpha value is -3.17. The first-order valence-electron chi connectivity index (χ1n) is 8.92. The minimum absolute atomic E-state index is 0.360. The molecule has 1 amide bonds. The predicted molar refractivity (Wildman–Crippen MR) is 123 cm³/mol. The number of ether oxygens (including phenoxy) is 2. The number of aliphatic carboxylic acids is 1. The summed E-state index contributed by atoms with van der Waals surface area (Å²) in [4.78, 5) is 23.1. The maximum Gasteiger partial charge on any atom is 0.341 e. The van der Waals surface area contributed by atoms with E-state index in [0.717, 1.165) is 0 Å². The normalized spacial score (nSPS) is 10.6. The Kier molecular flexibility index (Phi) is 7.80. The van der Waals surface area contributed by atoms with Crippen molar-refractivity contribution in [3.63, 3.8) is 0 Å². The molecule has 7 nitrogen and oxygen atoms in total. The van der Waals surface area contributed by atoms with Crippen LogP contribution in [0.3, 0.4) is 0 Å². The number of benzene rings is 3. The van der Waals surface area contributed by atoms with Gasteiger partial charge in [0.25, 0.3) is 5.91 Å². The second kappa shape index (κ2) is 10.7. The van der Waals surface area contributed by atoms with E-state index in [0.29, 0.717) is 37.3 Å². The molecular weight excluding hydrogens is 532 g/mol. The van der Waals surface area contributed by atoms with E-state index < -0.39 is 18.5 Å². The number of carboxylic acid groups (broad SMARTS) is 1. The molecule has 0 aliphatic heterocycles. The SMILES string of the molecule is O=C(O)COc1c(Br)cc(C=NNC(=O)c2cccc(Oc3ccccc3)c2)cc1Br.